The molecule has 5 heteroatoms. The molecule has 1 aliphatic heterocycles. The Hall–Kier alpha value is -1.88. The molecule has 0 unspecified atom stereocenters. The van der Waals surface area contributed by atoms with E-state index in [0.29, 0.717) is 19.7 Å². The molecule has 0 aromatic heterocycles. The van der Waals surface area contributed by atoms with E-state index in [1.807, 2.05) is 0 Å². The van der Waals surface area contributed by atoms with Crippen molar-refractivity contribution in [1.29, 1.82) is 0 Å². The molecule has 1 aromatic carbocycles. The van der Waals surface area contributed by atoms with Gasteiger partial charge in [-0.15, -0.1) is 0 Å². The molecule has 24 heavy (non-hydrogen) atoms. The Labute approximate surface area is 144 Å². The summed E-state index contributed by atoms with van der Waals surface area (Å²) in [5.74, 6) is -0.240. The normalized spacial score (nSPS) is 18.3. The van der Waals surface area contributed by atoms with E-state index >= 15 is 0 Å². The predicted molar refractivity (Wildman–Crippen MR) is 93.8 cm³/mol. The van der Waals surface area contributed by atoms with Crippen LogP contribution in [-0.2, 0) is 26.2 Å². The fraction of sp³-hybridized carbons (Fsp3) is 0.579. The van der Waals surface area contributed by atoms with Gasteiger partial charge in [-0.1, -0.05) is 45.0 Å². The summed E-state index contributed by atoms with van der Waals surface area (Å²) in [6.07, 6.45) is 1.01. The van der Waals surface area contributed by atoms with Gasteiger partial charge in [0.25, 0.3) is 0 Å². The van der Waals surface area contributed by atoms with E-state index in [1.165, 1.54) is 18.1 Å². The van der Waals surface area contributed by atoms with E-state index in [4.69, 9.17) is 4.74 Å². The van der Waals surface area contributed by atoms with Crippen molar-refractivity contribution in [2.45, 2.75) is 45.6 Å². The molecule has 132 valence electrons. The fourth-order valence-electron chi connectivity index (χ4n) is 2.92. The maximum atomic E-state index is 12.5. The van der Waals surface area contributed by atoms with Crippen LogP contribution in [0.4, 0.5) is 0 Å². The number of amides is 2. The van der Waals surface area contributed by atoms with Crippen LogP contribution in [0.25, 0.3) is 0 Å². The van der Waals surface area contributed by atoms with E-state index in [0.717, 1.165) is 6.42 Å². The lowest BCUT2D eigenvalue weighted by Crippen LogP contribution is -2.56. The molecule has 0 spiro atoms. The van der Waals surface area contributed by atoms with Crippen molar-refractivity contribution in [2.24, 2.45) is 0 Å². The third kappa shape index (κ3) is 4.35. The quantitative estimate of drug-likeness (QED) is 0.896. The number of carbonyl (C=O) groups excluding carboxylic acids is 2. The second-order valence-electron chi connectivity index (χ2n) is 6.96. The third-order valence-corrected chi connectivity index (χ3v) is 4.68. The molecule has 1 aliphatic rings. The first kappa shape index (κ1) is 18.5. The number of benzene rings is 1. The first-order valence-corrected chi connectivity index (χ1v) is 8.57. The van der Waals surface area contributed by atoms with E-state index in [2.05, 4.69) is 50.4 Å². The van der Waals surface area contributed by atoms with Gasteiger partial charge in [0.15, 0.2) is 0 Å². The highest BCUT2D eigenvalue weighted by molar-refractivity contribution is 5.87. The largest absolute Gasteiger partial charge is 0.377 e. The van der Waals surface area contributed by atoms with Crippen LogP contribution in [0.5, 0.6) is 0 Å². The maximum absolute atomic E-state index is 12.5. The van der Waals surface area contributed by atoms with Crippen molar-refractivity contribution in [3.63, 3.8) is 0 Å². The van der Waals surface area contributed by atoms with Gasteiger partial charge < -0.3 is 15.0 Å². The summed E-state index contributed by atoms with van der Waals surface area (Å²) in [5.41, 5.74) is 2.30. The Morgan fingerprint density at radius 3 is 2.54 bits per heavy atom. The summed E-state index contributed by atoms with van der Waals surface area (Å²) in [7, 11) is 0. The van der Waals surface area contributed by atoms with Crippen LogP contribution in [0.15, 0.2) is 24.3 Å². The van der Waals surface area contributed by atoms with Crippen LogP contribution in [0.2, 0.25) is 0 Å². The highest BCUT2D eigenvalue weighted by Gasteiger charge is 2.32. The Morgan fingerprint density at radius 2 is 1.96 bits per heavy atom. The van der Waals surface area contributed by atoms with Crippen molar-refractivity contribution in [3.8, 4) is 0 Å². The molecule has 0 saturated carbocycles. The smallest absolute Gasteiger partial charge is 0.245 e. The first-order valence-electron chi connectivity index (χ1n) is 8.57. The second-order valence-corrected chi connectivity index (χ2v) is 6.96. The van der Waals surface area contributed by atoms with Crippen molar-refractivity contribution in [3.05, 3.63) is 35.4 Å². The SMILES string of the molecule is CCc1ccc(C(C)(C)CNC(=O)[C@@H]2COCCN2C(C)=O)cc1. The monoisotopic (exact) mass is 332 g/mol. The van der Waals surface area contributed by atoms with Gasteiger partial charge in [-0.3, -0.25) is 9.59 Å². The lowest BCUT2D eigenvalue weighted by Gasteiger charge is -2.35. The van der Waals surface area contributed by atoms with E-state index in [1.54, 1.807) is 4.90 Å². The minimum atomic E-state index is -0.533. The average molecular weight is 332 g/mol. The molecule has 2 rings (SSSR count). The lowest BCUT2D eigenvalue weighted by molar-refractivity contribution is -0.147. The highest BCUT2D eigenvalue weighted by atomic mass is 16.5. The number of nitrogens with zero attached hydrogens (tertiary/aromatic N) is 1. The standard InChI is InChI=1S/C19H28N2O3/c1-5-15-6-8-16(9-7-15)19(3,4)13-20-18(23)17-12-24-11-10-21(17)14(2)22/h6-9,17H,5,10-13H2,1-4H3,(H,20,23)/t17-/m0/s1. The minimum absolute atomic E-state index is 0.0899. The number of carbonyl (C=O) groups is 2. The van der Waals surface area contributed by atoms with Crippen molar-refractivity contribution < 1.29 is 14.3 Å². The van der Waals surface area contributed by atoms with Gasteiger partial charge in [-0.2, -0.15) is 0 Å². The van der Waals surface area contributed by atoms with E-state index in [9.17, 15) is 9.59 Å². The van der Waals surface area contributed by atoms with E-state index < -0.39 is 6.04 Å². The summed E-state index contributed by atoms with van der Waals surface area (Å²) in [5, 5.41) is 2.99. The van der Waals surface area contributed by atoms with Crippen LogP contribution in [0, 0.1) is 0 Å². The van der Waals surface area contributed by atoms with Gasteiger partial charge in [0.1, 0.15) is 6.04 Å². The Kier molecular flexibility index (Phi) is 5.99. The zero-order valence-electron chi connectivity index (χ0n) is 15.1. The zero-order valence-corrected chi connectivity index (χ0v) is 15.1. The molecule has 1 fully saturated rings. The van der Waals surface area contributed by atoms with Gasteiger partial charge in [-0.25, -0.2) is 0 Å². The summed E-state index contributed by atoms with van der Waals surface area (Å²) < 4.78 is 5.37. The zero-order chi connectivity index (χ0) is 17.7. The van der Waals surface area contributed by atoms with Gasteiger partial charge in [0.2, 0.25) is 11.8 Å². The lowest BCUT2D eigenvalue weighted by atomic mass is 9.84. The van der Waals surface area contributed by atoms with Crippen LogP contribution < -0.4 is 5.32 Å². The summed E-state index contributed by atoms with van der Waals surface area (Å²) >= 11 is 0. The van der Waals surface area contributed by atoms with Gasteiger partial charge in [0.05, 0.1) is 13.2 Å². The minimum Gasteiger partial charge on any atom is -0.377 e. The first-order chi connectivity index (χ1) is 11.3. The molecule has 1 heterocycles. The predicted octanol–water partition coefficient (Wildman–Crippen LogP) is 1.89. The number of rotatable bonds is 5. The summed E-state index contributed by atoms with van der Waals surface area (Å²) in [6.45, 7) is 9.56. The molecule has 0 aliphatic carbocycles. The molecule has 1 N–H and O–H groups in total. The maximum Gasteiger partial charge on any atom is 0.245 e. The molecule has 1 atom stereocenters. The number of aryl methyl sites for hydroxylation is 1. The van der Waals surface area contributed by atoms with Crippen molar-refractivity contribution in [1.82, 2.24) is 10.2 Å². The van der Waals surface area contributed by atoms with Crippen molar-refractivity contribution in [2.75, 3.05) is 26.3 Å². The van der Waals surface area contributed by atoms with Gasteiger partial charge >= 0.3 is 0 Å². The number of hydrogen-bond acceptors (Lipinski definition) is 3. The second kappa shape index (κ2) is 7.79. The number of morpholine rings is 1. The van der Waals surface area contributed by atoms with Crippen LogP contribution in [0.3, 0.4) is 0 Å². The number of ether oxygens (including phenoxy) is 1. The third-order valence-electron chi connectivity index (χ3n) is 4.68. The Bertz CT molecular complexity index is 581. The van der Waals surface area contributed by atoms with Crippen LogP contribution >= 0.6 is 0 Å². The molecular weight excluding hydrogens is 304 g/mol. The fourth-order valence-corrected chi connectivity index (χ4v) is 2.92. The molecule has 5 nitrogen and oxygen atoms in total. The van der Waals surface area contributed by atoms with Crippen LogP contribution in [0.1, 0.15) is 38.8 Å². The molecule has 0 bridgehead atoms. The number of hydrogen-bond donors (Lipinski definition) is 1. The Morgan fingerprint density at radius 1 is 1.29 bits per heavy atom. The molecule has 1 aromatic rings. The molecular formula is C19H28N2O3. The summed E-state index contributed by atoms with van der Waals surface area (Å²) in [4.78, 5) is 25.8. The highest BCUT2D eigenvalue weighted by Crippen LogP contribution is 2.23. The van der Waals surface area contributed by atoms with E-state index in [-0.39, 0.29) is 23.8 Å². The molecule has 1 saturated heterocycles. The average Bonchev–Trinajstić information content (AvgIpc) is 2.59. The van der Waals surface area contributed by atoms with Gasteiger partial charge in [0, 0.05) is 25.4 Å². The molecule has 0 radical (unpaired) electrons. The molecule has 2 amide bonds. The van der Waals surface area contributed by atoms with Crippen LogP contribution in [-0.4, -0.2) is 49.1 Å². The summed E-state index contributed by atoms with van der Waals surface area (Å²) in [6, 6.07) is 7.97. The topological polar surface area (TPSA) is 58.6 Å². The Balaban J connectivity index is 1.99. The van der Waals surface area contributed by atoms with Gasteiger partial charge in [-0.05, 0) is 17.5 Å². The van der Waals surface area contributed by atoms with Crippen molar-refractivity contribution >= 4 is 11.8 Å². The number of nitrogens with one attached hydrogen (secondary N) is 1.